The van der Waals surface area contributed by atoms with E-state index in [1.165, 1.54) is 0 Å². The number of nitrogen functional groups attached to an aromatic ring is 1. The van der Waals surface area contributed by atoms with Crippen LogP contribution in [0.5, 0.6) is 0 Å². The first-order valence-corrected chi connectivity index (χ1v) is 6.61. The van der Waals surface area contributed by atoms with Crippen LogP contribution < -0.4 is 10.5 Å². The van der Waals surface area contributed by atoms with Crippen LogP contribution in [0.2, 0.25) is 0 Å². The SMILES string of the molecule is CCCCNS(=O)(=O)c1ccc(F)c(N)c1F. The zero-order chi connectivity index (χ0) is 13.1. The van der Waals surface area contributed by atoms with E-state index in [1.807, 2.05) is 6.92 Å². The molecule has 0 aliphatic heterocycles. The van der Waals surface area contributed by atoms with Crippen molar-refractivity contribution in [2.45, 2.75) is 24.7 Å². The van der Waals surface area contributed by atoms with Gasteiger partial charge in [-0.25, -0.2) is 21.9 Å². The van der Waals surface area contributed by atoms with E-state index >= 15 is 0 Å². The Bertz CT molecular complexity index is 503. The zero-order valence-electron chi connectivity index (χ0n) is 9.33. The molecule has 17 heavy (non-hydrogen) atoms. The highest BCUT2D eigenvalue weighted by atomic mass is 32.2. The molecule has 0 saturated carbocycles. The van der Waals surface area contributed by atoms with Crippen LogP contribution in [-0.4, -0.2) is 15.0 Å². The van der Waals surface area contributed by atoms with Gasteiger partial charge in [-0.2, -0.15) is 0 Å². The monoisotopic (exact) mass is 264 g/mol. The Morgan fingerprint density at radius 3 is 2.59 bits per heavy atom. The number of nitrogens with one attached hydrogen (secondary N) is 1. The van der Waals surface area contributed by atoms with E-state index in [0.29, 0.717) is 6.42 Å². The summed E-state index contributed by atoms with van der Waals surface area (Å²) in [5, 5.41) is 0. The fourth-order valence-corrected chi connectivity index (χ4v) is 2.38. The first-order valence-electron chi connectivity index (χ1n) is 5.13. The molecule has 0 amide bonds. The van der Waals surface area contributed by atoms with Crippen molar-refractivity contribution < 1.29 is 17.2 Å². The number of benzene rings is 1. The summed E-state index contributed by atoms with van der Waals surface area (Å²) >= 11 is 0. The third-order valence-electron chi connectivity index (χ3n) is 2.20. The topological polar surface area (TPSA) is 72.2 Å². The van der Waals surface area contributed by atoms with E-state index in [2.05, 4.69) is 4.72 Å². The van der Waals surface area contributed by atoms with Crippen molar-refractivity contribution in [3.05, 3.63) is 23.8 Å². The Labute approximate surface area is 98.9 Å². The van der Waals surface area contributed by atoms with Gasteiger partial charge in [0.15, 0.2) is 5.82 Å². The van der Waals surface area contributed by atoms with Crippen molar-refractivity contribution in [3.63, 3.8) is 0 Å². The van der Waals surface area contributed by atoms with Gasteiger partial charge in [0.2, 0.25) is 10.0 Å². The Morgan fingerprint density at radius 1 is 1.35 bits per heavy atom. The largest absolute Gasteiger partial charge is 0.394 e. The van der Waals surface area contributed by atoms with Gasteiger partial charge in [-0.1, -0.05) is 13.3 Å². The molecule has 0 aliphatic rings. The van der Waals surface area contributed by atoms with Gasteiger partial charge in [-0.3, -0.25) is 0 Å². The first-order chi connectivity index (χ1) is 7.90. The van der Waals surface area contributed by atoms with Crippen LogP contribution in [-0.2, 0) is 10.0 Å². The third kappa shape index (κ3) is 3.13. The smallest absolute Gasteiger partial charge is 0.243 e. The van der Waals surface area contributed by atoms with Crippen molar-refractivity contribution >= 4 is 15.7 Å². The molecule has 4 nitrogen and oxygen atoms in total. The summed E-state index contributed by atoms with van der Waals surface area (Å²) in [5.74, 6) is -2.23. The predicted octanol–water partition coefficient (Wildman–Crippen LogP) is 1.63. The quantitative estimate of drug-likeness (QED) is 0.627. The lowest BCUT2D eigenvalue weighted by molar-refractivity contribution is 0.547. The number of anilines is 1. The van der Waals surface area contributed by atoms with E-state index < -0.39 is 32.2 Å². The average molecular weight is 264 g/mol. The fourth-order valence-electron chi connectivity index (χ4n) is 1.22. The van der Waals surface area contributed by atoms with Gasteiger partial charge in [-0.15, -0.1) is 0 Å². The zero-order valence-corrected chi connectivity index (χ0v) is 10.2. The average Bonchev–Trinajstić information content (AvgIpc) is 2.26. The van der Waals surface area contributed by atoms with Gasteiger partial charge in [0.05, 0.1) is 0 Å². The van der Waals surface area contributed by atoms with Gasteiger partial charge in [0, 0.05) is 6.54 Å². The van der Waals surface area contributed by atoms with Gasteiger partial charge in [0.25, 0.3) is 0 Å². The molecule has 1 rings (SSSR count). The minimum atomic E-state index is -3.97. The summed E-state index contributed by atoms with van der Waals surface area (Å²) in [6, 6.07) is 1.68. The third-order valence-corrected chi connectivity index (χ3v) is 3.68. The van der Waals surface area contributed by atoms with Crippen molar-refractivity contribution in [1.29, 1.82) is 0 Å². The molecule has 7 heteroatoms. The number of nitrogens with two attached hydrogens (primary N) is 1. The van der Waals surface area contributed by atoms with E-state index in [0.717, 1.165) is 18.6 Å². The molecule has 3 N–H and O–H groups in total. The predicted molar refractivity (Wildman–Crippen MR) is 60.9 cm³/mol. The second-order valence-electron chi connectivity index (χ2n) is 3.52. The van der Waals surface area contributed by atoms with Crippen LogP contribution in [0.15, 0.2) is 17.0 Å². The van der Waals surface area contributed by atoms with Crippen molar-refractivity contribution in [3.8, 4) is 0 Å². The Balaban J connectivity index is 3.04. The molecule has 0 heterocycles. The van der Waals surface area contributed by atoms with E-state index in [1.54, 1.807) is 0 Å². The van der Waals surface area contributed by atoms with Crippen LogP contribution in [0.4, 0.5) is 14.5 Å². The lowest BCUT2D eigenvalue weighted by Crippen LogP contribution is -2.26. The number of hydrogen-bond acceptors (Lipinski definition) is 3. The summed E-state index contributed by atoms with van der Waals surface area (Å²) in [6.45, 7) is 2.10. The van der Waals surface area contributed by atoms with Gasteiger partial charge in [0.1, 0.15) is 16.4 Å². The second-order valence-corrected chi connectivity index (χ2v) is 5.26. The minimum absolute atomic E-state index is 0.204. The molecule has 0 spiro atoms. The molecule has 0 aromatic heterocycles. The molecule has 1 aromatic rings. The maximum Gasteiger partial charge on any atom is 0.243 e. The van der Waals surface area contributed by atoms with Gasteiger partial charge >= 0.3 is 0 Å². The van der Waals surface area contributed by atoms with Crippen LogP contribution in [0.25, 0.3) is 0 Å². The number of sulfonamides is 1. The molecular formula is C10H14F2N2O2S. The van der Waals surface area contributed by atoms with Crippen molar-refractivity contribution in [2.24, 2.45) is 0 Å². The normalized spacial score (nSPS) is 11.7. The maximum atomic E-state index is 13.5. The van der Waals surface area contributed by atoms with Crippen LogP contribution in [0, 0.1) is 11.6 Å². The van der Waals surface area contributed by atoms with Crippen LogP contribution >= 0.6 is 0 Å². The Hall–Kier alpha value is -1.21. The highest BCUT2D eigenvalue weighted by Crippen LogP contribution is 2.22. The summed E-state index contributed by atoms with van der Waals surface area (Å²) in [6.07, 6.45) is 1.44. The Kier molecular flexibility index (Phi) is 4.41. The maximum absolute atomic E-state index is 13.5. The highest BCUT2D eigenvalue weighted by molar-refractivity contribution is 7.89. The lowest BCUT2D eigenvalue weighted by atomic mass is 10.3. The standard InChI is InChI=1S/C10H14F2N2O2S/c1-2-3-6-14-17(15,16)8-5-4-7(11)10(13)9(8)12/h4-5,14H,2-3,6,13H2,1H3. The summed E-state index contributed by atoms with van der Waals surface area (Å²) in [7, 11) is -3.97. The molecule has 0 atom stereocenters. The molecule has 0 aliphatic carbocycles. The fraction of sp³-hybridized carbons (Fsp3) is 0.400. The lowest BCUT2D eigenvalue weighted by Gasteiger charge is -2.08. The molecule has 0 bridgehead atoms. The molecule has 96 valence electrons. The van der Waals surface area contributed by atoms with E-state index in [4.69, 9.17) is 5.73 Å². The van der Waals surface area contributed by atoms with Gasteiger partial charge in [-0.05, 0) is 18.6 Å². The van der Waals surface area contributed by atoms with Crippen molar-refractivity contribution in [2.75, 3.05) is 12.3 Å². The van der Waals surface area contributed by atoms with Crippen molar-refractivity contribution in [1.82, 2.24) is 4.72 Å². The van der Waals surface area contributed by atoms with E-state index in [9.17, 15) is 17.2 Å². The molecular weight excluding hydrogens is 250 g/mol. The number of halogens is 2. The minimum Gasteiger partial charge on any atom is -0.394 e. The molecule has 0 saturated heterocycles. The molecule has 0 unspecified atom stereocenters. The van der Waals surface area contributed by atoms with E-state index in [-0.39, 0.29) is 6.54 Å². The second kappa shape index (κ2) is 5.42. The molecule has 0 radical (unpaired) electrons. The number of rotatable bonds is 5. The van der Waals surface area contributed by atoms with Crippen LogP contribution in [0.1, 0.15) is 19.8 Å². The Morgan fingerprint density at radius 2 is 2.00 bits per heavy atom. The summed E-state index contributed by atoms with van der Waals surface area (Å²) in [5.41, 5.74) is 4.30. The number of unbranched alkanes of at least 4 members (excludes halogenated alkanes) is 1. The summed E-state index contributed by atoms with van der Waals surface area (Å²) in [4.78, 5) is -0.632. The first kappa shape index (κ1) is 13.9. The van der Waals surface area contributed by atoms with Crippen LogP contribution in [0.3, 0.4) is 0 Å². The molecule has 0 fully saturated rings. The van der Waals surface area contributed by atoms with Gasteiger partial charge < -0.3 is 5.73 Å². The highest BCUT2D eigenvalue weighted by Gasteiger charge is 2.21. The number of hydrogen-bond donors (Lipinski definition) is 2. The summed E-state index contributed by atoms with van der Waals surface area (Å²) < 4.78 is 51.9. The molecule has 1 aromatic carbocycles.